The molecule has 2 unspecified atom stereocenters. The number of para-hydroxylation sites is 1. The van der Waals surface area contributed by atoms with Crippen molar-refractivity contribution in [2.24, 2.45) is 5.92 Å². The van der Waals surface area contributed by atoms with Gasteiger partial charge >= 0.3 is 0 Å². The largest absolute Gasteiger partial charge is 0.493 e. The molecule has 2 rings (SSSR count). The van der Waals surface area contributed by atoms with E-state index in [2.05, 4.69) is 37.4 Å². The molecule has 1 aromatic rings. The number of ether oxygens (including phenoxy) is 1. The third kappa shape index (κ3) is 2.56. The van der Waals surface area contributed by atoms with Crippen molar-refractivity contribution in [2.45, 2.75) is 32.7 Å². The Hall–Kier alpha value is -1.02. The average Bonchev–Trinajstić information content (AvgIpc) is 2.35. The van der Waals surface area contributed by atoms with Gasteiger partial charge in [-0.1, -0.05) is 38.5 Å². The van der Waals surface area contributed by atoms with Crippen LogP contribution >= 0.6 is 0 Å². The maximum absolute atomic E-state index is 5.65. The topological polar surface area (TPSA) is 21.3 Å². The number of nitrogens with one attached hydrogen (secondary N) is 1. The summed E-state index contributed by atoms with van der Waals surface area (Å²) in [4.78, 5) is 0. The van der Waals surface area contributed by atoms with Gasteiger partial charge in [0, 0.05) is 18.0 Å². The van der Waals surface area contributed by atoms with Crippen molar-refractivity contribution in [3.63, 3.8) is 0 Å². The van der Waals surface area contributed by atoms with Gasteiger partial charge in [0.2, 0.25) is 0 Å². The third-order valence-electron chi connectivity index (χ3n) is 3.37. The van der Waals surface area contributed by atoms with E-state index in [0.717, 1.165) is 31.2 Å². The summed E-state index contributed by atoms with van der Waals surface area (Å²) < 4.78 is 5.65. The van der Waals surface area contributed by atoms with Crippen LogP contribution in [0.3, 0.4) is 0 Å². The van der Waals surface area contributed by atoms with E-state index in [1.165, 1.54) is 12.0 Å². The Balaban J connectivity index is 2.01. The van der Waals surface area contributed by atoms with Crippen LogP contribution in [0.15, 0.2) is 24.3 Å². The molecule has 0 bridgehead atoms. The lowest BCUT2D eigenvalue weighted by atomic mass is 9.99. The predicted octanol–water partition coefficient (Wildman–Crippen LogP) is 3.15. The molecule has 88 valence electrons. The molecule has 0 saturated heterocycles. The first-order chi connectivity index (χ1) is 7.81. The van der Waals surface area contributed by atoms with E-state index in [9.17, 15) is 0 Å². The van der Waals surface area contributed by atoms with E-state index in [-0.39, 0.29) is 0 Å². The number of benzene rings is 1. The maximum Gasteiger partial charge on any atom is 0.124 e. The van der Waals surface area contributed by atoms with Crippen molar-refractivity contribution >= 4 is 0 Å². The first-order valence-corrected chi connectivity index (χ1v) is 6.26. The Morgan fingerprint density at radius 3 is 3.06 bits per heavy atom. The SMILES string of the molecule is CCC(C)CNC1CCOc2ccccc21. The zero-order valence-corrected chi connectivity index (χ0v) is 10.2. The summed E-state index contributed by atoms with van der Waals surface area (Å²) in [6.07, 6.45) is 2.31. The lowest BCUT2D eigenvalue weighted by Gasteiger charge is -2.27. The number of rotatable bonds is 4. The smallest absolute Gasteiger partial charge is 0.124 e. The summed E-state index contributed by atoms with van der Waals surface area (Å²) in [6, 6.07) is 8.83. The van der Waals surface area contributed by atoms with E-state index in [4.69, 9.17) is 4.74 Å². The van der Waals surface area contributed by atoms with Crippen molar-refractivity contribution in [3.8, 4) is 5.75 Å². The molecule has 1 heterocycles. The second kappa shape index (κ2) is 5.35. The Labute approximate surface area is 98.0 Å². The van der Waals surface area contributed by atoms with Crippen LogP contribution in [0, 0.1) is 5.92 Å². The molecule has 2 heteroatoms. The molecule has 0 aliphatic carbocycles. The summed E-state index contributed by atoms with van der Waals surface area (Å²) in [5, 5.41) is 3.65. The van der Waals surface area contributed by atoms with Crippen molar-refractivity contribution in [2.75, 3.05) is 13.2 Å². The van der Waals surface area contributed by atoms with Gasteiger partial charge in [-0.2, -0.15) is 0 Å². The van der Waals surface area contributed by atoms with Gasteiger partial charge in [-0.05, 0) is 18.5 Å². The minimum Gasteiger partial charge on any atom is -0.493 e. The highest BCUT2D eigenvalue weighted by Crippen LogP contribution is 2.31. The summed E-state index contributed by atoms with van der Waals surface area (Å²) in [5.74, 6) is 1.80. The number of fused-ring (bicyclic) bond motifs is 1. The lowest BCUT2D eigenvalue weighted by Crippen LogP contribution is -2.30. The summed E-state index contributed by atoms with van der Waals surface area (Å²) in [6.45, 7) is 6.45. The second-order valence-electron chi connectivity index (χ2n) is 4.65. The van der Waals surface area contributed by atoms with Gasteiger partial charge in [0.1, 0.15) is 5.75 Å². The monoisotopic (exact) mass is 219 g/mol. The Bertz CT molecular complexity index is 337. The quantitative estimate of drug-likeness (QED) is 0.840. The zero-order chi connectivity index (χ0) is 11.4. The van der Waals surface area contributed by atoms with Crippen molar-refractivity contribution in [3.05, 3.63) is 29.8 Å². The van der Waals surface area contributed by atoms with Gasteiger partial charge < -0.3 is 10.1 Å². The molecule has 0 spiro atoms. The van der Waals surface area contributed by atoms with Crippen molar-refractivity contribution in [1.82, 2.24) is 5.32 Å². The van der Waals surface area contributed by atoms with E-state index < -0.39 is 0 Å². The maximum atomic E-state index is 5.65. The van der Waals surface area contributed by atoms with Gasteiger partial charge in [-0.3, -0.25) is 0 Å². The third-order valence-corrected chi connectivity index (χ3v) is 3.37. The fraction of sp³-hybridized carbons (Fsp3) is 0.571. The van der Waals surface area contributed by atoms with E-state index in [0.29, 0.717) is 6.04 Å². The normalized spacial score (nSPS) is 21.0. The molecule has 2 atom stereocenters. The molecule has 0 saturated carbocycles. The van der Waals surface area contributed by atoms with E-state index >= 15 is 0 Å². The molecule has 0 amide bonds. The molecule has 0 radical (unpaired) electrons. The summed E-state index contributed by atoms with van der Waals surface area (Å²) >= 11 is 0. The van der Waals surface area contributed by atoms with Crippen LogP contribution < -0.4 is 10.1 Å². The minimum absolute atomic E-state index is 0.471. The molecule has 0 aromatic heterocycles. The van der Waals surface area contributed by atoms with Gasteiger partial charge in [0.05, 0.1) is 6.61 Å². The lowest BCUT2D eigenvalue weighted by molar-refractivity contribution is 0.249. The van der Waals surface area contributed by atoms with Gasteiger partial charge in [0.15, 0.2) is 0 Å². The highest BCUT2D eigenvalue weighted by atomic mass is 16.5. The van der Waals surface area contributed by atoms with Crippen LogP contribution in [0.1, 0.15) is 38.3 Å². The fourth-order valence-corrected chi connectivity index (χ4v) is 2.04. The van der Waals surface area contributed by atoms with Crippen LogP contribution in [-0.4, -0.2) is 13.2 Å². The van der Waals surface area contributed by atoms with Crippen LogP contribution in [0.2, 0.25) is 0 Å². The molecule has 1 aliphatic rings. The first kappa shape index (κ1) is 11.5. The molecule has 0 fully saturated rings. The van der Waals surface area contributed by atoms with Crippen LogP contribution in [0.25, 0.3) is 0 Å². The summed E-state index contributed by atoms with van der Waals surface area (Å²) in [7, 11) is 0. The van der Waals surface area contributed by atoms with Gasteiger partial charge in [0.25, 0.3) is 0 Å². The van der Waals surface area contributed by atoms with E-state index in [1.807, 2.05) is 6.07 Å². The number of hydrogen-bond acceptors (Lipinski definition) is 2. The van der Waals surface area contributed by atoms with Crippen molar-refractivity contribution in [1.29, 1.82) is 0 Å². The van der Waals surface area contributed by atoms with E-state index in [1.54, 1.807) is 0 Å². The molecular weight excluding hydrogens is 198 g/mol. The Morgan fingerprint density at radius 2 is 2.25 bits per heavy atom. The Morgan fingerprint density at radius 1 is 1.44 bits per heavy atom. The zero-order valence-electron chi connectivity index (χ0n) is 10.2. The van der Waals surface area contributed by atoms with Crippen LogP contribution in [0.5, 0.6) is 5.75 Å². The highest BCUT2D eigenvalue weighted by Gasteiger charge is 2.20. The standard InChI is InChI=1S/C14H21NO/c1-3-11(2)10-15-13-8-9-16-14-7-5-4-6-12(13)14/h4-7,11,13,15H,3,8-10H2,1-2H3. The van der Waals surface area contributed by atoms with Gasteiger partial charge in [-0.15, -0.1) is 0 Å². The molecule has 16 heavy (non-hydrogen) atoms. The van der Waals surface area contributed by atoms with Crippen LogP contribution in [-0.2, 0) is 0 Å². The first-order valence-electron chi connectivity index (χ1n) is 6.26. The Kier molecular flexibility index (Phi) is 3.83. The molecule has 1 aromatic carbocycles. The summed E-state index contributed by atoms with van der Waals surface area (Å²) in [5.41, 5.74) is 1.32. The fourth-order valence-electron chi connectivity index (χ4n) is 2.04. The molecule has 1 N–H and O–H groups in total. The highest BCUT2D eigenvalue weighted by molar-refractivity contribution is 5.37. The van der Waals surface area contributed by atoms with Crippen molar-refractivity contribution < 1.29 is 4.74 Å². The van der Waals surface area contributed by atoms with Crippen LogP contribution in [0.4, 0.5) is 0 Å². The minimum atomic E-state index is 0.471. The average molecular weight is 219 g/mol. The molecular formula is C14H21NO. The molecule has 1 aliphatic heterocycles. The van der Waals surface area contributed by atoms with Gasteiger partial charge in [-0.25, -0.2) is 0 Å². The predicted molar refractivity (Wildman–Crippen MR) is 66.8 cm³/mol. The number of hydrogen-bond donors (Lipinski definition) is 1. The molecule has 2 nitrogen and oxygen atoms in total. The second-order valence-corrected chi connectivity index (χ2v) is 4.65.